The Morgan fingerprint density at radius 1 is 1.35 bits per heavy atom. The van der Waals surface area contributed by atoms with Crippen LogP contribution in [-0.2, 0) is 9.53 Å². The smallest absolute Gasteiger partial charge is 0.238 e. The van der Waals surface area contributed by atoms with Gasteiger partial charge in [-0.3, -0.25) is 9.69 Å². The van der Waals surface area contributed by atoms with Crippen molar-refractivity contribution in [2.45, 2.75) is 24.9 Å². The summed E-state index contributed by atoms with van der Waals surface area (Å²) in [5.41, 5.74) is 2.07. The van der Waals surface area contributed by atoms with Crippen molar-refractivity contribution in [2.75, 3.05) is 39.5 Å². The van der Waals surface area contributed by atoms with Gasteiger partial charge < -0.3 is 14.7 Å². The van der Waals surface area contributed by atoms with Gasteiger partial charge in [0.1, 0.15) is 6.04 Å². The van der Waals surface area contributed by atoms with Crippen LogP contribution in [0.15, 0.2) is 30.3 Å². The standard InChI is InChI=1S/C20H25N3O3/c1-2-3-15-4-6-16(7-5-15)20-17(12-21)23(18(20)14-24)19(25)13-22-8-10-26-11-9-22/h2-7,17-18,20,24H,8-11,13-14H2,1H3/b3-2+/t17-,18-,20+/m1/s1. The lowest BCUT2D eigenvalue weighted by Gasteiger charge is -2.52. The molecule has 1 aromatic rings. The summed E-state index contributed by atoms with van der Waals surface area (Å²) in [5.74, 6) is -0.252. The van der Waals surface area contributed by atoms with E-state index in [0.29, 0.717) is 13.2 Å². The van der Waals surface area contributed by atoms with Crippen LogP contribution in [0.4, 0.5) is 0 Å². The molecule has 1 aromatic carbocycles. The quantitative estimate of drug-likeness (QED) is 0.860. The van der Waals surface area contributed by atoms with E-state index >= 15 is 0 Å². The molecule has 6 heteroatoms. The second kappa shape index (κ2) is 8.45. The van der Waals surface area contributed by atoms with E-state index in [1.165, 1.54) is 0 Å². The number of carbonyl (C=O) groups excluding carboxylic acids is 1. The first kappa shape index (κ1) is 18.6. The Bertz CT molecular complexity index is 689. The first-order valence-corrected chi connectivity index (χ1v) is 9.04. The third-order valence-corrected chi connectivity index (χ3v) is 5.16. The summed E-state index contributed by atoms with van der Waals surface area (Å²) in [5, 5.41) is 19.5. The van der Waals surface area contributed by atoms with Crippen molar-refractivity contribution in [3.8, 4) is 6.07 Å². The molecule has 1 N–H and O–H groups in total. The molecular formula is C20H25N3O3. The number of benzene rings is 1. The van der Waals surface area contributed by atoms with Crippen molar-refractivity contribution in [2.24, 2.45) is 0 Å². The largest absolute Gasteiger partial charge is 0.394 e. The van der Waals surface area contributed by atoms with E-state index in [-0.39, 0.29) is 31.0 Å². The van der Waals surface area contributed by atoms with Crippen molar-refractivity contribution in [3.63, 3.8) is 0 Å². The number of rotatable bonds is 5. The van der Waals surface area contributed by atoms with Crippen LogP contribution in [0.25, 0.3) is 6.08 Å². The Kier molecular flexibility index (Phi) is 6.04. The molecule has 3 rings (SSSR count). The number of ether oxygens (including phenoxy) is 1. The van der Waals surface area contributed by atoms with Crippen LogP contribution in [0.3, 0.4) is 0 Å². The van der Waals surface area contributed by atoms with Crippen molar-refractivity contribution in [3.05, 3.63) is 41.5 Å². The van der Waals surface area contributed by atoms with Crippen LogP contribution in [0.2, 0.25) is 0 Å². The molecule has 2 heterocycles. The van der Waals surface area contributed by atoms with E-state index in [1.807, 2.05) is 48.2 Å². The van der Waals surface area contributed by atoms with E-state index in [1.54, 1.807) is 4.90 Å². The maximum absolute atomic E-state index is 12.7. The van der Waals surface area contributed by atoms with Crippen LogP contribution in [-0.4, -0.2) is 72.4 Å². The Labute approximate surface area is 154 Å². The lowest BCUT2D eigenvalue weighted by molar-refractivity contribution is -0.149. The van der Waals surface area contributed by atoms with E-state index < -0.39 is 6.04 Å². The molecule has 0 unspecified atom stereocenters. The van der Waals surface area contributed by atoms with Gasteiger partial charge in [0.15, 0.2) is 0 Å². The number of hydrogen-bond donors (Lipinski definition) is 1. The molecule has 2 aliphatic rings. The molecule has 0 aromatic heterocycles. The average molecular weight is 355 g/mol. The molecule has 0 saturated carbocycles. The Morgan fingerprint density at radius 3 is 2.62 bits per heavy atom. The molecule has 26 heavy (non-hydrogen) atoms. The van der Waals surface area contributed by atoms with Gasteiger partial charge in [-0.25, -0.2) is 0 Å². The van der Waals surface area contributed by atoms with Crippen LogP contribution in [0.5, 0.6) is 0 Å². The van der Waals surface area contributed by atoms with Crippen LogP contribution >= 0.6 is 0 Å². The lowest BCUT2D eigenvalue weighted by Crippen LogP contribution is -2.66. The lowest BCUT2D eigenvalue weighted by atomic mass is 9.75. The minimum Gasteiger partial charge on any atom is -0.394 e. The van der Waals surface area contributed by atoms with E-state index in [2.05, 4.69) is 6.07 Å². The van der Waals surface area contributed by atoms with Crippen molar-refractivity contribution in [1.82, 2.24) is 9.80 Å². The molecule has 2 saturated heterocycles. The topological polar surface area (TPSA) is 76.8 Å². The second-order valence-electron chi connectivity index (χ2n) is 6.71. The number of nitrogens with zero attached hydrogens (tertiary/aromatic N) is 3. The maximum Gasteiger partial charge on any atom is 0.238 e. The van der Waals surface area contributed by atoms with Crippen LogP contribution in [0, 0.1) is 11.3 Å². The molecular weight excluding hydrogens is 330 g/mol. The number of morpholine rings is 1. The first-order chi connectivity index (χ1) is 12.7. The monoisotopic (exact) mass is 355 g/mol. The average Bonchev–Trinajstić information content (AvgIpc) is 2.64. The number of hydrogen-bond acceptors (Lipinski definition) is 5. The molecule has 0 bridgehead atoms. The highest BCUT2D eigenvalue weighted by molar-refractivity contribution is 5.81. The summed E-state index contributed by atoms with van der Waals surface area (Å²) in [4.78, 5) is 16.3. The molecule has 0 radical (unpaired) electrons. The zero-order valence-electron chi connectivity index (χ0n) is 15.0. The second-order valence-corrected chi connectivity index (χ2v) is 6.71. The number of nitriles is 1. The zero-order chi connectivity index (χ0) is 18.5. The van der Waals surface area contributed by atoms with E-state index in [4.69, 9.17) is 4.74 Å². The summed E-state index contributed by atoms with van der Waals surface area (Å²) >= 11 is 0. The van der Waals surface area contributed by atoms with Crippen molar-refractivity contribution in [1.29, 1.82) is 5.26 Å². The number of aliphatic hydroxyl groups is 1. The number of allylic oxidation sites excluding steroid dienone is 1. The fourth-order valence-electron chi connectivity index (χ4n) is 3.80. The molecule has 0 aliphatic carbocycles. The van der Waals surface area contributed by atoms with Gasteiger partial charge in [-0.2, -0.15) is 5.26 Å². The van der Waals surface area contributed by atoms with E-state index in [9.17, 15) is 15.2 Å². The minimum absolute atomic E-state index is 0.0979. The number of carbonyl (C=O) groups is 1. The van der Waals surface area contributed by atoms with Gasteiger partial charge in [-0.1, -0.05) is 36.4 Å². The van der Waals surface area contributed by atoms with Crippen molar-refractivity contribution >= 4 is 12.0 Å². The van der Waals surface area contributed by atoms with Gasteiger partial charge in [0.25, 0.3) is 0 Å². The minimum atomic E-state index is -0.534. The number of likely N-dealkylation sites (tertiary alicyclic amines) is 1. The van der Waals surface area contributed by atoms with Gasteiger partial charge in [-0.05, 0) is 18.1 Å². The SMILES string of the molecule is C/C=C/c1ccc([C@H]2[C@@H](C#N)N(C(=O)CN3CCOCC3)[C@@H]2CO)cc1. The third kappa shape index (κ3) is 3.65. The summed E-state index contributed by atoms with van der Waals surface area (Å²) in [6.07, 6.45) is 3.98. The molecule has 2 aliphatic heterocycles. The van der Waals surface area contributed by atoms with Gasteiger partial charge in [-0.15, -0.1) is 0 Å². The van der Waals surface area contributed by atoms with Gasteiger partial charge >= 0.3 is 0 Å². The predicted molar refractivity (Wildman–Crippen MR) is 98.3 cm³/mol. The number of amides is 1. The first-order valence-electron chi connectivity index (χ1n) is 9.04. The Hall–Kier alpha value is -2.20. The predicted octanol–water partition coefficient (Wildman–Crippen LogP) is 1.23. The highest BCUT2D eigenvalue weighted by Gasteiger charge is 2.51. The van der Waals surface area contributed by atoms with Gasteiger partial charge in [0, 0.05) is 19.0 Å². The summed E-state index contributed by atoms with van der Waals surface area (Å²) in [6.45, 7) is 4.77. The highest BCUT2D eigenvalue weighted by atomic mass is 16.5. The van der Waals surface area contributed by atoms with Crippen LogP contribution in [0.1, 0.15) is 24.0 Å². The van der Waals surface area contributed by atoms with Gasteiger partial charge in [0.05, 0.1) is 38.5 Å². The van der Waals surface area contributed by atoms with Crippen LogP contribution < -0.4 is 0 Å². The summed E-state index contributed by atoms with van der Waals surface area (Å²) in [7, 11) is 0. The molecule has 2 fully saturated rings. The summed E-state index contributed by atoms with van der Waals surface area (Å²) < 4.78 is 5.30. The van der Waals surface area contributed by atoms with Gasteiger partial charge in [0.2, 0.25) is 5.91 Å². The summed E-state index contributed by atoms with van der Waals surface area (Å²) in [6, 6.07) is 9.34. The fourth-order valence-corrected chi connectivity index (χ4v) is 3.80. The fraction of sp³-hybridized carbons (Fsp3) is 0.500. The molecule has 138 valence electrons. The molecule has 3 atom stereocenters. The maximum atomic E-state index is 12.7. The zero-order valence-corrected chi connectivity index (χ0v) is 15.0. The Morgan fingerprint density at radius 2 is 2.04 bits per heavy atom. The third-order valence-electron chi connectivity index (χ3n) is 5.16. The number of aliphatic hydroxyl groups excluding tert-OH is 1. The molecule has 1 amide bonds. The normalized spacial score (nSPS) is 26.5. The molecule has 6 nitrogen and oxygen atoms in total. The van der Waals surface area contributed by atoms with E-state index in [0.717, 1.165) is 24.2 Å². The highest BCUT2D eigenvalue weighted by Crippen LogP contribution is 2.40. The molecule has 0 spiro atoms. The Balaban J connectivity index is 1.72. The van der Waals surface area contributed by atoms with Crippen molar-refractivity contribution < 1.29 is 14.6 Å².